The number of nitrogens with one attached hydrogen (secondary N) is 3. The number of benzene rings is 2. The minimum Gasteiger partial charge on any atom is -0.397 e. The van der Waals surface area contributed by atoms with Crippen LogP contribution in [0.4, 0.5) is 10.1 Å². The van der Waals surface area contributed by atoms with Crippen LogP contribution in [0.3, 0.4) is 0 Å². The molecular formula is C26H21FN8O2S. The lowest BCUT2D eigenvalue weighted by Gasteiger charge is -2.08. The molecule has 12 heteroatoms. The third-order valence-corrected chi connectivity index (χ3v) is 6.72. The number of sulfonamides is 1. The molecule has 10 nitrogen and oxygen atoms in total. The van der Waals surface area contributed by atoms with Crippen molar-refractivity contribution in [1.82, 2.24) is 34.9 Å². The first-order chi connectivity index (χ1) is 18.2. The Labute approximate surface area is 216 Å². The molecule has 6 rings (SSSR count). The number of nitrogen functional groups attached to an aromatic ring is 1. The molecule has 0 unspecified atom stereocenters. The quantitative estimate of drug-likeness (QED) is 0.255. The van der Waals surface area contributed by atoms with Crippen molar-refractivity contribution < 1.29 is 12.8 Å². The fourth-order valence-corrected chi connectivity index (χ4v) is 4.78. The van der Waals surface area contributed by atoms with E-state index in [1.165, 1.54) is 12.1 Å². The fourth-order valence-electron chi connectivity index (χ4n) is 4.35. The van der Waals surface area contributed by atoms with Gasteiger partial charge in [0.15, 0.2) is 5.82 Å². The standard InChI is InChI=1S/C26H21FN8O2S/c1-38(36,37)31-10-14-5-15(7-17(27)6-14)19-3-2-4-21-24(19)33-26(32-21)25-20-9-22(30-13-23(20)34-35-25)16-8-18(28)12-29-11-16/h2-9,11-13,31H,10,28H2,1H3,(H,32,33)(H,34,35). The van der Waals surface area contributed by atoms with Crippen LogP contribution in [0.5, 0.6) is 0 Å². The van der Waals surface area contributed by atoms with Crippen LogP contribution in [0.25, 0.3) is 55.8 Å². The summed E-state index contributed by atoms with van der Waals surface area (Å²) in [7, 11) is -3.42. The van der Waals surface area contributed by atoms with E-state index in [-0.39, 0.29) is 6.54 Å². The maximum atomic E-state index is 14.5. The van der Waals surface area contributed by atoms with Gasteiger partial charge in [0.25, 0.3) is 0 Å². The van der Waals surface area contributed by atoms with Crippen molar-refractivity contribution in [2.45, 2.75) is 6.54 Å². The van der Waals surface area contributed by atoms with Gasteiger partial charge in [-0.15, -0.1) is 0 Å². The number of aromatic amines is 2. The van der Waals surface area contributed by atoms with Gasteiger partial charge in [0.05, 0.1) is 40.4 Å². The fraction of sp³-hybridized carbons (Fsp3) is 0.0769. The van der Waals surface area contributed by atoms with Crippen LogP contribution in [0.15, 0.2) is 67.1 Å². The van der Waals surface area contributed by atoms with Gasteiger partial charge in [-0.2, -0.15) is 5.10 Å². The van der Waals surface area contributed by atoms with Crippen molar-refractivity contribution in [3.05, 3.63) is 78.5 Å². The summed E-state index contributed by atoms with van der Waals surface area (Å²) in [6, 6.07) is 13.7. The maximum absolute atomic E-state index is 14.5. The maximum Gasteiger partial charge on any atom is 0.209 e. The average Bonchev–Trinajstić information content (AvgIpc) is 3.50. The summed E-state index contributed by atoms with van der Waals surface area (Å²) in [4.78, 5) is 16.8. The molecule has 190 valence electrons. The zero-order valence-electron chi connectivity index (χ0n) is 20.0. The van der Waals surface area contributed by atoms with Gasteiger partial charge in [0, 0.05) is 35.5 Å². The molecule has 0 saturated carbocycles. The number of para-hydroxylation sites is 1. The number of rotatable bonds is 6. The lowest BCUT2D eigenvalue weighted by atomic mass is 10.0. The van der Waals surface area contributed by atoms with Crippen LogP contribution < -0.4 is 10.5 Å². The van der Waals surface area contributed by atoms with E-state index in [4.69, 9.17) is 10.7 Å². The number of imidazole rings is 1. The Hall–Kier alpha value is -4.68. The molecule has 4 aromatic heterocycles. The zero-order chi connectivity index (χ0) is 26.4. The number of fused-ring (bicyclic) bond motifs is 2. The largest absolute Gasteiger partial charge is 0.397 e. The van der Waals surface area contributed by atoms with Crippen molar-refractivity contribution in [2.75, 3.05) is 12.0 Å². The van der Waals surface area contributed by atoms with Crippen LogP contribution >= 0.6 is 0 Å². The predicted molar refractivity (Wildman–Crippen MR) is 144 cm³/mol. The first-order valence-corrected chi connectivity index (χ1v) is 13.4. The van der Waals surface area contributed by atoms with Crippen molar-refractivity contribution in [3.8, 4) is 33.9 Å². The van der Waals surface area contributed by atoms with E-state index in [1.807, 2.05) is 24.3 Å². The zero-order valence-corrected chi connectivity index (χ0v) is 20.8. The van der Waals surface area contributed by atoms with Gasteiger partial charge >= 0.3 is 0 Å². The van der Waals surface area contributed by atoms with Gasteiger partial charge < -0.3 is 10.7 Å². The van der Waals surface area contributed by atoms with Crippen LogP contribution in [0.2, 0.25) is 0 Å². The van der Waals surface area contributed by atoms with Gasteiger partial charge in [0.1, 0.15) is 11.5 Å². The molecule has 0 aliphatic rings. The highest BCUT2D eigenvalue weighted by atomic mass is 32.2. The molecule has 4 heterocycles. The number of halogens is 1. The molecule has 2 aromatic carbocycles. The summed E-state index contributed by atoms with van der Waals surface area (Å²) in [6.07, 6.45) is 6.01. The van der Waals surface area contributed by atoms with Crippen LogP contribution in [0, 0.1) is 5.82 Å². The van der Waals surface area contributed by atoms with Crippen molar-refractivity contribution >= 4 is 37.6 Å². The molecule has 0 fully saturated rings. The van der Waals surface area contributed by atoms with Crippen molar-refractivity contribution in [1.29, 1.82) is 0 Å². The highest BCUT2D eigenvalue weighted by Gasteiger charge is 2.17. The molecule has 5 N–H and O–H groups in total. The minimum atomic E-state index is -3.42. The number of hydrogen-bond donors (Lipinski definition) is 4. The molecule has 0 radical (unpaired) electrons. The highest BCUT2D eigenvalue weighted by molar-refractivity contribution is 7.88. The van der Waals surface area contributed by atoms with E-state index in [9.17, 15) is 12.8 Å². The average molecular weight is 529 g/mol. The van der Waals surface area contributed by atoms with E-state index in [0.717, 1.165) is 28.2 Å². The van der Waals surface area contributed by atoms with E-state index in [2.05, 4.69) is 29.9 Å². The molecular weight excluding hydrogens is 507 g/mol. The Morgan fingerprint density at radius 1 is 1.03 bits per heavy atom. The number of pyridine rings is 2. The monoisotopic (exact) mass is 528 g/mol. The highest BCUT2D eigenvalue weighted by Crippen LogP contribution is 2.33. The Kier molecular flexibility index (Phi) is 5.62. The lowest BCUT2D eigenvalue weighted by Crippen LogP contribution is -2.21. The number of nitrogens with two attached hydrogens (primary N) is 1. The second-order valence-electron chi connectivity index (χ2n) is 8.92. The first kappa shape index (κ1) is 23.7. The topological polar surface area (TPSA) is 155 Å². The minimum absolute atomic E-state index is 0.0242. The molecule has 0 aliphatic carbocycles. The van der Waals surface area contributed by atoms with Crippen molar-refractivity contribution in [2.24, 2.45) is 0 Å². The van der Waals surface area contributed by atoms with Crippen LogP contribution in [-0.4, -0.2) is 44.8 Å². The smallest absolute Gasteiger partial charge is 0.209 e. The Morgan fingerprint density at radius 2 is 1.89 bits per heavy atom. The van der Waals surface area contributed by atoms with Crippen molar-refractivity contribution in [3.63, 3.8) is 0 Å². The van der Waals surface area contributed by atoms with E-state index >= 15 is 0 Å². The molecule has 6 aromatic rings. The molecule has 0 aliphatic heterocycles. The number of nitrogens with zero attached hydrogens (tertiary/aromatic N) is 4. The normalized spacial score (nSPS) is 11.9. The molecule has 0 bridgehead atoms. The summed E-state index contributed by atoms with van der Waals surface area (Å²) in [5.41, 5.74) is 12.3. The Morgan fingerprint density at radius 3 is 2.71 bits per heavy atom. The van der Waals surface area contributed by atoms with Crippen LogP contribution in [-0.2, 0) is 16.6 Å². The summed E-state index contributed by atoms with van der Waals surface area (Å²) < 4.78 is 39.9. The number of hydrogen-bond acceptors (Lipinski definition) is 7. The summed E-state index contributed by atoms with van der Waals surface area (Å²) in [5, 5.41) is 8.26. The van der Waals surface area contributed by atoms with E-state index < -0.39 is 15.8 Å². The first-order valence-electron chi connectivity index (χ1n) is 11.5. The summed E-state index contributed by atoms with van der Waals surface area (Å²) >= 11 is 0. The number of anilines is 1. The molecule has 0 saturated heterocycles. The summed E-state index contributed by atoms with van der Waals surface area (Å²) in [6.45, 7) is -0.0242. The molecule has 38 heavy (non-hydrogen) atoms. The predicted octanol–water partition coefficient (Wildman–Crippen LogP) is 4.00. The molecule has 0 atom stereocenters. The Bertz CT molecular complexity index is 1950. The molecule has 0 spiro atoms. The third-order valence-electron chi connectivity index (χ3n) is 6.05. The second kappa shape index (κ2) is 9.01. The third kappa shape index (κ3) is 4.58. The lowest BCUT2D eigenvalue weighted by molar-refractivity contribution is 0.586. The van der Waals surface area contributed by atoms with Gasteiger partial charge in [-0.05, 0) is 47.5 Å². The van der Waals surface area contributed by atoms with Crippen LogP contribution in [0.1, 0.15) is 5.56 Å². The SMILES string of the molecule is CS(=O)(=O)NCc1cc(F)cc(-c2cccc3[nH]c(-c4n[nH]c5cnc(-c6cncc(N)c6)cc45)nc23)c1. The van der Waals surface area contributed by atoms with Gasteiger partial charge in [-0.3, -0.25) is 15.1 Å². The Balaban J connectivity index is 1.43. The van der Waals surface area contributed by atoms with Gasteiger partial charge in [-0.25, -0.2) is 22.5 Å². The molecule has 0 amide bonds. The van der Waals surface area contributed by atoms with Gasteiger partial charge in [-0.1, -0.05) is 12.1 Å². The van der Waals surface area contributed by atoms with E-state index in [0.29, 0.717) is 45.1 Å². The summed E-state index contributed by atoms with van der Waals surface area (Å²) in [5.74, 6) is 0.0480. The number of aromatic nitrogens is 6. The van der Waals surface area contributed by atoms with E-state index in [1.54, 1.807) is 30.7 Å². The van der Waals surface area contributed by atoms with Gasteiger partial charge in [0.2, 0.25) is 10.0 Å². The second-order valence-corrected chi connectivity index (χ2v) is 10.8. The number of H-pyrrole nitrogens is 2.